The van der Waals surface area contributed by atoms with Crippen molar-refractivity contribution in [1.82, 2.24) is 20.1 Å². The minimum absolute atomic E-state index is 0.0433. The number of nitrogens with two attached hydrogens (primary N) is 1. The fourth-order valence-corrected chi connectivity index (χ4v) is 4.83. The first kappa shape index (κ1) is 21.0. The number of morpholine rings is 2. The molecule has 0 radical (unpaired) electrons. The maximum Gasteiger partial charge on any atom is 0.334 e. The molecule has 0 spiro atoms. The lowest BCUT2D eigenvalue weighted by Crippen LogP contribution is -2.52. The Morgan fingerprint density at radius 2 is 1.97 bits per heavy atom. The van der Waals surface area contributed by atoms with E-state index in [1.165, 1.54) is 0 Å². The average Bonchev–Trinajstić information content (AvgIpc) is 3.11. The van der Waals surface area contributed by atoms with E-state index in [1.54, 1.807) is 5.01 Å². The van der Waals surface area contributed by atoms with Gasteiger partial charge in [-0.2, -0.15) is 14.7 Å². The third-order valence-corrected chi connectivity index (χ3v) is 6.15. The van der Waals surface area contributed by atoms with Gasteiger partial charge >= 0.3 is 5.84 Å². The number of nitrogens with one attached hydrogen (secondary N) is 1. The second kappa shape index (κ2) is 8.61. The van der Waals surface area contributed by atoms with Gasteiger partial charge in [-0.25, -0.2) is 5.01 Å². The van der Waals surface area contributed by atoms with Crippen LogP contribution in [0.3, 0.4) is 0 Å². The molecule has 2 fully saturated rings. The number of aliphatic imine (C=N–C) groups is 1. The Morgan fingerprint density at radius 1 is 1.22 bits per heavy atom. The molecule has 0 saturated carbocycles. The Morgan fingerprint density at radius 3 is 2.66 bits per heavy atom. The van der Waals surface area contributed by atoms with Gasteiger partial charge in [-0.05, 0) is 13.8 Å². The van der Waals surface area contributed by atoms with E-state index < -0.39 is 0 Å². The standard InChI is InChI=1S/C22H31N7O3/c1-15-10-26(11-16(2)32-15)20-19(17-6-4-3-5-7-17)25-22(23)28-14-27(29(30)21(20)28)12-18-13-31-9-8-24-18/h3-7,15-16,18,24H,8-14H2,1-2H3,(H2,23,25)/t15?,16?,18-/m0/s1. The first-order chi connectivity index (χ1) is 15.5. The summed E-state index contributed by atoms with van der Waals surface area (Å²) in [6, 6.07) is 10.00. The lowest BCUT2D eigenvalue weighted by atomic mass is 10.1. The zero-order valence-electron chi connectivity index (χ0n) is 18.6. The third-order valence-electron chi connectivity index (χ3n) is 6.15. The Balaban J connectivity index is 1.58. The largest absolute Gasteiger partial charge is 0.692 e. The van der Waals surface area contributed by atoms with Crippen LogP contribution in [0.1, 0.15) is 19.4 Å². The first-order valence-corrected chi connectivity index (χ1v) is 11.2. The number of hydrogen-bond donors (Lipinski definition) is 2. The van der Waals surface area contributed by atoms with Crippen molar-refractivity contribution in [2.24, 2.45) is 10.7 Å². The summed E-state index contributed by atoms with van der Waals surface area (Å²) in [4.78, 5) is 9.80. The highest BCUT2D eigenvalue weighted by Crippen LogP contribution is 2.32. The predicted molar refractivity (Wildman–Crippen MR) is 121 cm³/mol. The quantitative estimate of drug-likeness (QED) is 0.504. The fourth-order valence-electron chi connectivity index (χ4n) is 4.83. The monoisotopic (exact) mass is 441 g/mol. The number of hydrogen-bond acceptors (Lipinski definition) is 9. The van der Waals surface area contributed by atoms with Crippen LogP contribution in [0.4, 0.5) is 0 Å². The van der Waals surface area contributed by atoms with Crippen molar-refractivity contribution in [1.29, 1.82) is 0 Å². The van der Waals surface area contributed by atoms with Crippen LogP contribution in [0.2, 0.25) is 0 Å². The van der Waals surface area contributed by atoms with Gasteiger partial charge in [0.2, 0.25) is 0 Å². The fraction of sp³-hybridized carbons (Fsp3) is 0.545. The van der Waals surface area contributed by atoms with Crippen molar-refractivity contribution >= 4 is 17.5 Å². The molecule has 2 saturated heterocycles. The van der Waals surface area contributed by atoms with Crippen LogP contribution in [0.5, 0.6) is 0 Å². The number of hydrazone groups is 1. The normalized spacial score (nSPS) is 28.9. The molecule has 0 amide bonds. The predicted octanol–water partition coefficient (Wildman–Crippen LogP) is 0.180. The van der Waals surface area contributed by atoms with Gasteiger partial charge < -0.3 is 30.6 Å². The smallest absolute Gasteiger partial charge is 0.334 e. The maximum atomic E-state index is 13.6. The Bertz CT molecular complexity index is 932. The molecule has 172 valence electrons. The summed E-state index contributed by atoms with van der Waals surface area (Å²) in [6.07, 6.45) is 0.0866. The van der Waals surface area contributed by atoms with Crippen molar-refractivity contribution in [2.75, 3.05) is 46.1 Å². The number of nitrogens with zero attached hydrogens (tertiary/aromatic N) is 5. The number of rotatable bonds is 4. The average molecular weight is 442 g/mol. The summed E-state index contributed by atoms with van der Waals surface area (Å²) in [6.45, 7) is 8.41. The zero-order chi connectivity index (χ0) is 22.2. The molecule has 0 aromatic heterocycles. The molecule has 4 heterocycles. The summed E-state index contributed by atoms with van der Waals surface area (Å²) in [5.41, 5.74) is 8.85. The zero-order valence-corrected chi connectivity index (χ0v) is 18.6. The van der Waals surface area contributed by atoms with E-state index in [2.05, 4.69) is 24.1 Å². The summed E-state index contributed by atoms with van der Waals surface area (Å²) in [7, 11) is 0. The van der Waals surface area contributed by atoms with Crippen LogP contribution < -0.4 is 11.1 Å². The molecular formula is C22H31N7O3. The summed E-state index contributed by atoms with van der Waals surface area (Å²) in [5.74, 6) is 0.850. The SMILES string of the molecule is CC1CN(C2=C(c3ccccc3)N=C(N)N3CN(C[C@H]4COCCN4)[N+]([O-])=C23)CC(C)O1. The van der Waals surface area contributed by atoms with Crippen LogP contribution in [0.15, 0.2) is 41.0 Å². The molecule has 4 aliphatic heterocycles. The van der Waals surface area contributed by atoms with Crippen LogP contribution in [-0.2, 0) is 9.47 Å². The van der Waals surface area contributed by atoms with Gasteiger partial charge in [0.15, 0.2) is 12.4 Å². The van der Waals surface area contributed by atoms with Gasteiger partial charge in [0, 0.05) is 25.2 Å². The van der Waals surface area contributed by atoms with Gasteiger partial charge in [-0.1, -0.05) is 30.3 Å². The minimum Gasteiger partial charge on any atom is -0.692 e. The number of amidine groups is 1. The van der Waals surface area contributed by atoms with Crippen molar-refractivity contribution in [3.63, 3.8) is 0 Å². The third kappa shape index (κ3) is 3.89. The Hall–Kier alpha value is -2.82. The molecule has 4 aliphatic rings. The molecule has 32 heavy (non-hydrogen) atoms. The topological polar surface area (TPSA) is 105 Å². The minimum atomic E-state index is 0.0433. The van der Waals surface area contributed by atoms with Gasteiger partial charge in [0.05, 0.1) is 38.0 Å². The summed E-state index contributed by atoms with van der Waals surface area (Å²) < 4.78 is 11.5. The second-order valence-electron chi connectivity index (χ2n) is 8.78. The number of fused-ring (bicyclic) bond motifs is 1. The number of guanidine groups is 1. The molecule has 1 aromatic rings. The highest BCUT2D eigenvalue weighted by molar-refractivity contribution is 6.14. The molecule has 10 heteroatoms. The molecule has 0 aliphatic carbocycles. The number of ether oxygens (including phenoxy) is 2. The van der Waals surface area contributed by atoms with E-state index in [0.717, 1.165) is 28.4 Å². The maximum absolute atomic E-state index is 13.6. The van der Waals surface area contributed by atoms with Crippen molar-refractivity contribution in [2.45, 2.75) is 32.1 Å². The van der Waals surface area contributed by atoms with E-state index >= 15 is 0 Å². The van der Waals surface area contributed by atoms with Crippen molar-refractivity contribution in [3.8, 4) is 0 Å². The molecule has 0 bridgehead atoms. The molecular weight excluding hydrogens is 410 g/mol. The van der Waals surface area contributed by atoms with Gasteiger partial charge in [-0.15, -0.1) is 0 Å². The first-order valence-electron chi connectivity index (χ1n) is 11.2. The van der Waals surface area contributed by atoms with Crippen LogP contribution >= 0.6 is 0 Å². The number of benzene rings is 1. The Kier molecular flexibility index (Phi) is 5.66. The van der Waals surface area contributed by atoms with Crippen molar-refractivity contribution < 1.29 is 14.3 Å². The molecule has 2 unspecified atom stereocenters. The van der Waals surface area contributed by atoms with Crippen LogP contribution in [0.25, 0.3) is 5.70 Å². The number of hydrazine groups is 1. The second-order valence-corrected chi connectivity index (χ2v) is 8.78. The van der Waals surface area contributed by atoms with E-state index in [4.69, 9.17) is 20.2 Å². The molecule has 10 nitrogen and oxygen atoms in total. The highest BCUT2D eigenvalue weighted by atomic mass is 16.5. The summed E-state index contributed by atoms with van der Waals surface area (Å²) in [5, 5.41) is 18.8. The van der Waals surface area contributed by atoms with Gasteiger partial charge in [0.25, 0.3) is 5.96 Å². The molecule has 3 N–H and O–H groups in total. The van der Waals surface area contributed by atoms with E-state index in [-0.39, 0.29) is 18.2 Å². The van der Waals surface area contributed by atoms with Gasteiger partial charge in [-0.3, -0.25) is 0 Å². The highest BCUT2D eigenvalue weighted by Gasteiger charge is 2.46. The van der Waals surface area contributed by atoms with Crippen molar-refractivity contribution in [3.05, 3.63) is 46.8 Å². The lowest BCUT2D eigenvalue weighted by molar-refractivity contribution is -0.628. The molecule has 3 atom stereocenters. The van der Waals surface area contributed by atoms with Gasteiger partial charge in [0.1, 0.15) is 5.70 Å². The van der Waals surface area contributed by atoms with Crippen LogP contribution in [-0.4, -0.2) is 95.8 Å². The summed E-state index contributed by atoms with van der Waals surface area (Å²) >= 11 is 0. The Labute approximate surface area is 188 Å². The molecule has 1 aromatic carbocycles. The van der Waals surface area contributed by atoms with E-state index in [9.17, 15) is 5.21 Å². The molecule has 5 rings (SSSR count). The lowest BCUT2D eigenvalue weighted by Gasteiger charge is -2.39. The van der Waals surface area contributed by atoms with Crippen LogP contribution in [0, 0.1) is 5.21 Å². The van der Waals surface area contributed by atoms with E-state index in [1.807, 2.05) is 35.2 Å². The van der Waals surface area contributed by atoms with E-state index in [0.29, 0.717) is 51.3 Å².